The Hall–Kier alpha value is -3.04. The van der Waals surface area contributed by atoms with E-state index in [1.807, 2.05) is 0 Å². The first-order valence-corrected chi connectivity index (χ1v) is 5.96. The van der Waals surface area contributed by atoms with Crippen molar-refractivity contribution in [1.82, 2.24) is 24.5 Å². The highest BCUT2D eigenvalue weighted by molar-refractivity contribution is 5.38. The minimum Gasteiger partial charge on any atom is -0.406 e. The average molecular weight is 311 g/mol. The molecule has 3 aromatic rings. The van der Waals surface area contributed by atoms with Gasteiger partial charge in [0, 0.05) is 0 Å². The summed E-state index contributed by atoms with van der Waals surface area (Å²) in [5.74, 6) is -0.368. The maximum absolute atomic E-state index is 12.2. The predicted molar refractivity (Wildman–Crippen MR) is 68.0 cm³/mol. The number of halogens is 3. The van der Waals surface area contributed by atoms with Crippen molar-refractivity contribution in [1.29, 1.82) is 0 Å². The van der Waals surface area contributed by atoms with Crippen molar-refractivity contribution in [2.75, 3.05) is 0 Å². The summed E-state index contributed by atoms with van der Waals surface area (Å²) in [4.78, 5) is 15.9. The molecule has 2 aromatic heterocycles. The van der Waals surface area contributed by atoms with E-state index in [1.165, 1.54) is 35.7 Å². The summed E-state index contributed by atoms with van der Waals surface area (Å²) >= 11 is 0. The van der Waals surface area contributed by atoms with Crippen LogP contribution in [0.4, 0.5) is 13.2 Å². The third-order valence-electron chi connectivity index (χ3n) is 2.75. The Morgan fingerprint density at radius 3 is 2.50 bits per heavy atom. The highest BCUT2D eigenvalue weighted by atomic mass is 19.4. The number of aromatic nitrogens is 5. The summed E-state index contributed by atoms with van der Waals surface area (Å²) in [6.07, 6.45) is -0.711. The van der Waals surface area contributed by atoms with Gasteiger partial charge in [-0.05, 0) is 24.3 Å². The van der Waals surface area contributed by atoms with Gasteiger partial charge in [-0.2, -0.15) is 5.10 Å². The quantitative estimate of drug-likeness (QED) is 0.798. The van der Waals surface area contributed by atoms with Crippen LogP contribution in [0.5, 0.6) is 5.75 Å². The normalized spacial score (nSPS) is 11.6. The Bertz CT molecular complexity index is 818. The lowest BCUT2D eigenvalue weighted by molar-refractivity contribution is -0.274. The van der Waals surface area contributed by atoms with Crippen LogP contribution < -0.4 is 10.3 Å². The summed E-state index contributed by atoms with van der Waals surface area (Å²) in [7, 11) is 0. The Kier molecular flexibility index (Phi) is 3.20. The molecule has 0 saturated carbocycles. The number of aromatic amines is 1. The van der Waals surface area contributed by atoms with Crippen molar-refractivity contribution in [2.45, 2.75) is 6.36 Å². The van der Waals surface area contributed by atoms with E-state index in [2.05, 4.69) is 19.9 Å². The highest BCUT2D eigenvalue weighted by Crippen LogP contribution is 2.23. The maximum atomic E-state index is 12.2. The molecule has 0 fully saturated rings. The average Bonchev–Trinajstić information content (AvgIpc) is 3.07. The summed E-state index contributed by atoms with van der Waals surface area (Å²) in [6, 6.07) is 4.88. The maximum Gasteiger partial charge on any atom is 0.573 e. The zero-order chi connectivity index (χ0) is 15.7. The van der Waals surface area contributed by atoms with Gasteiger partial charge >= 0.3 is 6.36 Å². The lowest BCUT2D eigenvalue weighted by atomic mass is 10.3. The van der Waals surface area contributed by atoms with Crippen LogP contribution in [0.15, 0.2) is 47.9 Å². The molecular formula is C12H8F3N5O2. The van der Waals surface area contributed by atoms with Crippen molar-refractivity contribution in [3.63, 3.8) is 0 Å². The van der Waals surface area contributed by atoms with Crippen LogP contribution >= 0.6 is 0 Å². The molecule has 0 amide bonds. The van der Waals surface area contributed by atoms with Gasteiger partial charge in [-0.15, -0.1) is 13.2 Å². The Labute approximate surface area is 120 Å². The first kappa shape index (κ1) is 13.9. The number of hydrogen-bond donors (Lipinski definition) is 1. The van der Waals surface area contributed by atoms with E-state index in [1.54, 1.807) is 0 Å². The molecule has 22 heavy (non-hydrogen) atoms. The van der Waals surface area contributed by atoms with E-state index < -0.39 is 11.9 Å². The predicted octanol–water partition coefficient (Wildman–Crippen LogP) is 1.64. The van der Waals surface area contributed by atoms with Gasteiger partial charge in [-0.25, -0.2) is 14.3 Å². The van der Waals surface area contributed by atoms with Crippen LogP contribution in [0.3, 0.4) is 0 Å². The number of alkyl halides is 3. The summed E-state index contributed by atoms with van der Waals surface area (Å²) in [6.45, 7) is 0. The van der Waals surface area contributed by atoms with Crippen LogP contribution in [-0.4, -0.2) is 30.9 Å². The van der Waals surface area contributed by atoms with E-state index in [4.69, 9.17) is 0 Å². The van der Waals surface area contributed by atoms with Gasteiger partial charge in [0.05, 0.1) is 11.9 Å². The molecule has 1 N–H and O–H groups in total. The number of hydrogen-bond acceptors (Lipinski definition) is 4. The van der Waals surface area contributed by atoms with Crippen molar-refractivity contribution < 1.29 is 17.9 Å². The van der Waals surface area contributed by atoms with Gasteiger partial charge in [-0.1, -0.05) is 0 Å². The third-order valence-corrected chi connectivity index (χ3v) is 2.75. The number of nitrogens with zero attached hydrogens (tertiary/aromatic N) is 4. The van der Waals surface area contributed by atoms with Gasteiger partial charge in [0.25, 0.3) is 5.56 Å². The number of nitrogens with one attached hydrogen (secondary N) is 1. The second kappa shape index (κ2) is 5.06. The van der Waals surface area contributed by atoms with E-state index in [0.717, 1.165) is 16.8 Å². The Balaban J connectivity index is 1.91. The topological polar surface area (TPSA) is 77.7 Å². The molecule has 0 radical (unpaired) electrons. The van der Waals surface area contributed by atoms with Gasteiger partial charge in [0.2, 0.25) is 0 Å². The standard InChI is InChI=1S/C12H8F3N5O2/c13-12(14,15)22-9-3-1-8(2-4-9)20-11(21)10(5-17-20)19-7-16-6-18-19/h1-7,17H. The number of rotatable bonds is 3. The molecule has 0 aliphatic carbocycles. The molecule has 0 bridgehead atoms. The molecule has 0 unspecified atom stereocenters. The summed E-state index contributed by atoms with van der Waals surface area (Å²) in [5, 5.41) is 6.53. The van der Waals surface area contributed by atoms with Crippen LogP contribution in [0.1, 0.15) is 0 Å². The van der Waals surface area contributed by atoms with Gasteiger partial charge < -0.3 is 4.74 Å². The fraction of sp³-hybridized carbons (Fsp3) is 0.0833. The molecule has 114 valence electrons. The van der Waals surface area contributed by atoms with E-state index >= 15 is 0 Å². The van der Waals surface area contributed by atoms with Crippen molar-refractivity contribution in [3.05, 3.63) is 53.5 Å². The smallest absolute Gasteiger partial charge is 0.406 e. The largest absolute Gasteiger partial charge is 0.573 e. The highest BCUT2D eigenvalue weighted by Gasteiger charge is 2.31. The molecule has 3 rings (SSSR count). The molecule has 10 heteroatoms. The van der Waals surface area contributed by atoms with Gasteiger partial charge in [0.15, 0.2) is 5.69 Å². The van der Waals surface area contributed by atoms with E-state index in [9.17, 15) is 18.0 Å². The summed E-state index contributed by atoms with van der Waals surface area (Å²) in [5.41, 5.74) is 0.161. The second-order valence-corrected chi connectivity index (χ2v) is 4.18. The monoisotopic (exact) mass is 311 g/mol. The first-order valence-electron chi connectivity index (χ1n) is 5.96. The Morgan fingerprint density at radius 2 is 1.91 bits per heavy atom. The zero-order valence-corrected chi connectivity index (χ0v) is 10.8. The molecular weight excluding hydrogens is 303 g/mol. The van der Waals surface area contributed by atoms with Crippen molar-refractivity contribution in [3.8, 4) is 17.1 Å². The molecule has 0 atom stereocenters. The molecule has 1 aromatic carbocycles. The number of H-pyrrole nitrogens is 1. The molecule has 0 spiro atoms. The van der Waals surface area contributed by atoms with Crippen LogP contribution in [-0.2, 0) is 0 Å². The zero-order valence-electron chi connectivity index (χ0n) is 10.8. The van der Waals surface area contributed by atoms with Crippen molar-refractivity contribution >= 4 is 0 Å². The lowest BCUT2D eigenvalue weighted by Gasteiger charge is -2.09. The molecule has 7 nitrogen and oxygen atoms in total. The molecule has 2 heterocycles. The molecule has 0 saturated heterocycles. The van der Waals surface area contributed by atoms with E-state index in [0.29, 0.717) is 5.69 Å². The van der Waals surface area contributed by atoms with E-state index in [-0.39, 0.29) is 11.4 Å². The lowest BCUT2D eigenvalue weighted by Crippen LogP contribution is -2.19. The molecule has 0 aliphatic heterocycles. The van der Waals surface area contributed by atoms with Gasteiger partial charge in [0.1, 0.15) is 18.4 Å². The SMILES string of the molecule is O=c1c(-n2cncn2)c[nH]n1-c1ccc(OC(F)(F)F)cc1. The number of ether oxygens (including phenoxy) is 1. The Morgan fingerprint density at radius 1 is 1.18 bits per heavy atom. The number of benzene rings is 1. The fourth-order valence-electron chi connectivity index (χ4n) is 1.85. The molecule has 0 aliphatic rings. The van der Waals surface area contributed by atoms with Crippen molar-refractivity contribution in [2.24, 2.45) is 0 Å². The second-order valence-electron chi connectivity index (χ2n) is 4.18. The minimum atomic E-state index is -4.76. The third kappa shape index (κ3) is 2.71. The van der Waals surface area contributed by atoms with Crippen LogP contribution in [0.25, 0.3) is 11.4 Å². The fourth-order valence-corrected chi connectivity index (χ4v) is 1.85. The summed E-state index contributed by atoms with van der Waals surface area (Å²) < 4.78 is 42.5. The van der Waals surface area contributed by atoms with Gasteiger partial charge in [-0.3, -0.25) is 9.89 Å². The van der Waals surface area contributed by atoms with Crippen LogP contribution in [0, 0.1) is 0 Å². The van der Waals surface area contributed by atoms with Crippen LogP contribution in [0.2, 0.25) is 0 Å². The minimum absolute atomic E-state index is 0.230. The first-order chi connectivity index (χ1) is 10.4.